The molecular formula is C19H10BrClN2O2. The molecule has 0 radical (unpaired) electrons. The fourth-order valence-corrected chi connectivity index (χ4v) is 2.87. The van der Waals surface area contributed by atoms with Crippen molar-refractivity contribution in [3.8, 4) is 28.6 Å². The summed E-state index contributed by atoms with van der Waals surface area (Å²) >= 11 is 9.66. The van der Waals surface area contributed by atoms with Crippen LogP contribution in [0.15, 0.2) is 59.1 Å². The van der Waals surface area contributed by atoms with Crippen molar-refractivity contribution in [1.82, 2.24) is 4.98 Å². The molecule has 0 amide bonds. The molecule has 0 bridgehead atoms. The van der Waals surface area contributed by atoms with Crippen molar-refractivity contribution in [3.63, 3.8) is 0 Å². The van der Waals surface area contributed by atoms with Gasteiger partial charge >= 0.3 is 5.97 Å². The molecule has 0 unspecified atom stereocenters. The second kappa shape index (κ2) is 7.06. The SMILES string of the molecule is N#Cc1c(Cl)cc(-c2ccc(C(=O)O)cc2)nc1-c1ccc(Br)cc1. The highest BCUT2D eigenvalue weighted by atomic mass is 79.9. The summed E-state index contributed by atoms with van der Waals surface area (Å²) in [6, 6.07) is 17.5. The van der Waals surface area contributed by atoms with E-state index in [0.717, 1.165) is 15.6 Å². The van der Waals surface area contributed by atoms with Gasteiger partial charge in [-0.1, -0.05) is 51.8 Å². The summed E-state index contributed by atoms with van der Waals surface area (Å²) in [4.78, 5) is 15.6. The van der Waals surface area contributed by atoms with Gasteiger partial charge in [-0.25, -0.2) is 9.78 Å². The van der Waals surface area contributed by atoms with Crippen molar-refractivity contribution in [2.75, 3.05) is 0 Å². The third-order valence-corrected chi connectivity index (χ3v) is 4.46. The number of nitrogens with zero attached hydrogens (tertiary/aromatic N) is 2. The first-order chi connectivity index (χ1) is 12.0. The van der Waals surface area contributed by atoms with Crippen LogP contribution in [0.25, 0.3) is 22.5 Å². The van der Waals surface area contributed by atoms with Gasteiger partial charge in [-0.2, -0.15) is 5.26 Å². The Labute approximate surface area is 157 Å². The normalized spacial score (nSPS) is 10.3. The maximum atomic E-state index is 11.0. The monoisotopic (exact) mass is 412 g/mol. The van der Waals surface area contributed by atoms with E-state index in [1.807, 2.05) is 24.3 Å². The summed E-state index contributed by atoms with van der Waals surface area (Å²) < 4.78 is 0.918. The van der Waals surface area contributed by atoms with E-state index >= 15 is 0 Å². The number of pyridine rings is 1. The lowest BCUT2D eigenvalue weighted by Gasteiger charge is -2.10. The van der Waals surface area contributed by atoms with Gasteiger partial charge in [0.25, 0.3) is 0 Å². The van der Waals surface area contributed by atoms with Gasteiger partial charge < -0.3 is 5.11 Å². The van der Waals surface area contributed by atoms with Gasteiger partial charge in [-0.15, -0.1) is 0 Å². The molecule has 0 fully saturated rings. The molecule has 6 heteroatoms. The summed E-state index contributed by atoms with van der Waals surface area (Å²) in [6.45, 7) is 0. The van der Waals surface area contributed by atoms with Crippen LogP contribution in [0.2, 0.25) is 5.02 Å². The molecule has 1 aromatic heterocycles. The molecule has 0 aliphatic rings. The molecule has 25 heavy (non-hydrogen) atoms. The van der Waals surface area contributed by atoms with Crippen LogP contribution < -0.4 is 0 Å². The minimum atomic E-state index is -0.993. The lowest BCUT2D eigenvalue weighted by molar-refractivity contribution is 0.0697. The number of hydrogen-bond donors (Lipinski definition) is 1. The fourth-order valence-electron chi connectivity index (χ4n) is 2.37. The topological polar surface area (TPSA) is 74.0 Å². The number of rotatable bonds is 3. The first-order valence-electron chi connectivity index (χ1n) is 7.20. The Kier molecular flexibility index (Phi) is 4.84. The Bertz CT molecular complexity index is 994. The Morgan fingerprint density at radius 1 is 1.08 bits per heavy atom. The Morgan fingerprint density at radius 2 is 1.68 bits per heavy atom. The molecule has 2 aromatic carbocycles. The number of carboxylic acid groups (broad SMARTS) is 1. The van der Waals surface area contributed by atoms with Gasteiger partial charge in [0.2, 0.25) is 0 Å². The van der Waals surface area contributed by atoms with Crippen molar-refractivity contribution >= 4 is 33.5 Å². The van der Waals surface area contributed by atoms with Gasteiger partial charge in [-0.3, -0.25) is 0 Å². The molecule has 0 aliphatic heterocycles. The van der Waals surface area contributed by atoms with E-state index in [4.69, 9.17) is 16.7 Å². The number of benzene rings is 2. The fraction of sp³-hybridized carbons (Fsp3) is 0. The highest BCUT2D eigenvalue weighted by molar-refractivity contribution is 9.10. The van der Waals surface area contributed by atoms with Gasteiger partial charge in [-0.05, 0) is 30.3 Å². The van der Waals surface area contributed by atoms with Crippen LogP contribution in [0, 0.1) is 11.3 Å². The number of nitriles is 1. The zero-order chi connectivity index (χ0) is 18.0. The van der Waals surface area contributed by atoms with Crippen molar-refractivity contribution in [3.05, 3.63) is 75.2 Å². The van der Waals surface area contributed by atoms with Gasteiger partial charge in [0.15, 0.2) is 0 Å². The molecule has 0 saturated carbocycles. The minimum absolute atomic E-state index is 0.191. The third-order valence-electron chi connectivity index (χ3n) is 3.63. The molecule has 3 rings (SSSR count). The zero-order valence-corrected chi connectivity index (χ0v) is 15.0. The van der Waals surface area contributed by atoms with Crippen LogP contribution in [0.5, 0.6) is 0 Å². The van der Waals surface area contributed by atoms with E-state index in [0.29, 0.717) is 22.0 Å². The van der Waals surface area contributed by atoms with Crippen molar-refractivity contribution < 1.29 is 9.90 Å². The van der Waals surface area contributed by atoms with E-state index < -0.39 is 5.97 Å². The molecule has 0 atom stereocenters. The summed E-state index contributed by atoms with van der Waals surface area (Å²) in [6.07, 6.45) is 0. The highest BCUT2D eigenvalue weighted by Crippen LogP contribution is 2.32. The first kappa shape index (κ1) is 17.2. The molecule has 4 nitrogen and oxygen atoms in total. The second-order valence-corrected chi connectivity index (χ2v) is 6.54. The van der Waals surface area contributed by atoms with E-state index in [1.165, 1.54) is 12.1 Å². The summed E-state index contributed by atoms with van der Waals surface area (Å²) in [5.41, 5.74) is 3.03. The highest BCUT2D eigenvalue weighted by Gasteiger charge is 2.14. The van der Waals surface area contributed by atoms with E-state index in [9.17, 15) is 10.1 Å². The number of halogens is 2. The van der Waals surface area contributed by atoms with E-state index in [-0.39, 0.29) is 5.56 Å². The van der Waals surface area contributed by atoms with Crippen molar-refractivity contribution in [2.45, 2.75) is 0 Å². The average molecular weight is 414 g/mol. The number of carboxylic acids is 1. The van der Waals surface area contributed by atoms with Gasteiger partial charge in [0.05, 0.1) is 27.5 Å². The van der Waals surface area contributed by atoms with E-state index in [2.05, 4.69) is 27.0 Å². The zero-order valence-electron chi connectivity index (χ0n) is 12.7. The summed E-state index contributed by atoms with van der Waals surface area (Å²) in [5.74, 6) is -0.993. The molecule has 122 valence electrons. The lowest BCUT2D eigenvalue weighted by Crippen LogP contribution is -1.97. The van der Waals surface area contributed by atoms with Crippen LogP contribution in [0.1, 0.15) is 15.9 Å². The Morgan fingerprint density at radius 3 is 2.24 bits per heavy atom. The Balaban J connectivity index is 2.15. The molecule has 0 spiro atoms. The molecule has 0 saturated heterocycles. The maximum Gasteiger partial charge on any atom is 0.335 e. The molecule has 1 heterocycles. The Hall–Kier alpha value is -2.68. The van der Waals surface area contributed by atoms with Crippen LogP contribution in [0.3, 0.4) is 0 Å². The largest absolute Gasteiger partial charge is 0.478 e. The molecular weight excluding hydrogens is 404 g/mol. The summed E-state index contributed by atoms with van der Waals surface area (Å²) in [7, 11) is 0. The van der Waals surface area contributed by atoms with Crippen molar-refractivity contribution in [2.24, 2.45) is 0 Å². The van der Waals surface area contributed by atoms with Gasteiger partial charge in [0.1, 0.15) is 6.07 Å². The van der Waals surface area contributed by atoms with E-state index in [1.54, 1.807) is 18.2 Å². The van der Waals surface area contributed by atoms with Crippen molar-refractivity contribution in [1.29, 1.82) is 5.26 Å². The predicted octanol–water partition coefficient (Wildman–Crippen LogP) is 5.40. The van der Waals surface area contributed by atoms with Gasteiger partial charge in [0, 0.05) is 15.6 Å². The maximum absolute atomic E-state index is 11.0. The number of aromatic nitrogens is 1. The number of carbonyl (C=O) groups is 1. The molecule has 1 N–H and O–H groups in total. The van der Waals surface area contributed by atoms with Crippen LogP contribution in [-0.4, -0.2) is 16.1 Å². The molecule has 3 aromatic rings. The summed E-state index contributed by atoms with van der Waals surface area (Å²) in [5, 5.41) is 18.7. The smallest absolute Gasteiger partial charge is 0.335 e. The molecule has 0 aliphatic carbocycles. The van der Waals surface area contributed by atoms with Crippen LogP contribution in [-0.2, 0) is 0 Å². The quantitative estimate of drug-likeness (QED) is 0.624. The third kappa shape index (κ3) is 3.55. The van der Waals surface area contributed by atoms with Crippen LogP contribution in [0.4, 0.5) is 0 Å². The first-order valence-corrected chi connectivity index (χ1v) is 8.37. The number of aromatic carboxylic acids is 1. The average Bonchev–Trinajstić information content (AvgIpc) is 2.62. The lowest BCUT2D eigenvalue weighted by atomic mass is 10.0. The second-order valence-electron chi connectivity index (χ2n) is 5.21. The number of hydrogen-bond acceptors (Lipinski definition) is 3. The minimum Gasteiger partial charge on any atom is -0.478 e. The van der Waals surface area contributed by atoms with Crippen LogP contribution >= 0.6 is 27.5 Å². The predicted molar refractivity (Wildman–Crippen MR) is 99.5 cm³/mol. The standard InChI is InChI=1S/C19H10BrClN2O2/c20-14-7-5-12(6-8-14)18-15(10-22)16(21)9-17(23-18)11-1-3-13(4-2-11)19(24)25/h1-9H,(H,24,25).